The SMILES string of the molecule is CCC(=C(c1ccc(OC2CCCCO2)cc1)c1ccc(N2CCC(CC(OC)OC)CC2)cc1)c1ccccc1. The predicted molar refractivity (Wildman–Crippen MR) is 167 cm³/mol. The van der Waals surface area contributed by atoms with E-state index in [1.165, 1.54) is 33.5 Å². The molecule has 41 heavy (non-hydrogen) atoms. The number of hydrogen-bond acceptors (Lipinski definition) is 5. The molecule has 0 spiro atoms. The van der Waals surface area contributed by atoms with E-state index in [4.69, 9.17) is 18.9 Å². The highest BCUT2D eigenvalue weighted by molar-refractivity contribution is 5.98. The van der Waals surface area contributed by atoms with Crippen molar-refractivity contribution in [3.05, 3.63) is 95.6 Å². The van der Waals surface area contributed by atoms with Crippen LogP contribution in [0.5, 0.6) is 5.75 Å². The van der Waals surface area contributed by atoms with Gasteiger partial charge in [-0.25, -0.2) is 0 Å². The maximum Gasteiger partial charge on any atom is 0.199 e. The lowest BCUT2D eigenvalue weighted by Crippen LogP contribution is -2.35. The Balaban J connectivity index is 1.37. The highest BCUT2D eigenvalue weighted by Crippen LogP contribution is 2.36. The topological polar surface area (TPSA) is 40.2 Å². The van der Waals surface area contributed by atoms with Gasteiger partial charge in [-0.05, 0) is 90.1 Å². The smallest absolute Gasteiger partial charge is 0.199 e. The molecular formula is C36H45NO4. The van der Waals surface area contributed by atoms with Crippen LogP contribution >= 0.6 is 0 Å². The number of ether oxygens (including phenoxy) is 4. The average Bonchev–Trinajstić information content (AvgIpc) is 3.04. The highest BCUT2D eigenvalue weighted by atomic mass is 16.7. The van der Waals surface area contributed by atoms with Crippen LogP contribution in [0.3, 0.4) is 0 Å². The second-order valence-electron chi connectivity index (χ2n) is 11.1. The fourth-order valence-electron chi connectivity index (χ4n) is 6.16. The zero-order valence-electron chi connectivity index (χ0n) is 24.9. The van der Waals surface area contributed by atoms with Gasteiger partial charge in [-0.1, -0.05) is 61.5 Å². The summed E-state index contributed by atoms with van der Waals surface area (Å²) in [5.74, 6) is 1.50. The number of allylic oxidation sites excluding steroid dienone is 1. The fraction of sp³-hybridized carbons (Fsp3) is 0.444. The van der Waals surface area contributed by atoms with Crippen molar-refractivity contribution in [1.29, 1.82) is 0 Å². The van der Waals surface area contributed by atoms with Crippen molar-refractivity contribution < 1.29 is 18.9 Å². The third kappa shape index (κ3) is 7.59. The lowest BCUT2D eigenvalue weighted by Gasteiger charge is -2.34. The number of hydrogen-bond donors (Lipinski definition) is 0. The molecule has 2 fully saturated rings. The maximum atomic E-state index is 6.13. The lowest BCUT2D eigenvalue weighted by molar-refractivity contribution is -0.115. The highest BCUT2D eigenvalue weighted by Gasteiger charge is 2.23. The van der Waals surface area contributed by atoms with E-state index < -0.39 is 0 Å². The van der Waals surface area contributed by atoms with E-state index in [2.05, 4.69) is 90.7 Å². The van der Waals surface area contributed by atoms with Crippen molar-refractivity contribution in [2.45, 2.75) is 64.4 Å². The quantitative estimate of drug-likeness (QED) is 0.176. The second kappa shape index (κ2) is 14.7. The Morgan fingerprint density at radius 1 is 0.805 bits per heavy atom. The van der Waals surface area contributed by atoms with Crippen LogP contribution in [-0.2, 0) is 14.2 Å². The molecule has 0 saturated carbocycles. The first-order valence-electron chi connectivity index (χ1n) is 15.3. The minimum atomic E-state index is -0.140. The number of methoxy groups -OCH3 is 2. The molecule has 3 aromatic carbocycles. The summed E-state index contributed by atoms with van der Waals surface area (Å²) in [6.45, 7) is 5.14. The van der Waals surface area contributed by atoms with Crippen molar-refractivity contribution in [3.63, 3.8) is 0 Å². The Kier molecular flexibility index (Phi) is 10.5. The molecule has 1 atom stereocenters. The van der Waals surface area contributed by atoms with Gasteiger partial charge < -0.3 is 23.8 Å². The zero-order chi connectivity index (χ0) is 28.4. The molecule has 0 bridgehead atoms. The first kappa shape index (κ1) is 29.4. The Labute approximate surface area is 246 Å². The van der Waals surface area contributed by atoms with Crippen molar-refractivity contribution in [2.24, 2.45) is 5.92 Å². The molecule has 5 heteroatoms. The summed E-state index contributed by atoms with van der Waals surface area (Å²) in [4.78, 5) is 2.51. The summed E-state index contributed by atoms with van der Waals surface area (Å²) in [6.07, 6.45) is 7.20. The molecule has 5 nitrogen and oxygen atoms in total. The van der Waals surface area contributed by atoms with Crippen molar-refractivity contribution >= 4 is 16.8 Å². The fourth-order valence-corrected chi connectivity index (χ4v) is 6.16. The molecule has 0 N–H and O–H groups in total. The van der Waals surface area contributed by atoms with Gasteiger partial charge in [0.1, 0.15) is 5.75 Å². The zero-order valence-corrected chi connectivity index (χ0v) is 24.9. The van der Waals surface area contributed by atoms with Crippen LogP contribution in [-0.4, -0.2) is 46.5 Å². The van der Waals surface area contributed by atoms with Crippen LogP contribution in [0.25, 0.3) is 11.1 Å². The molecule has 0 amide bonds. The molecule has 0 aromatic heterocycles. The third-order valence-corrected chi connectivity index (χ3v) is 8.51. The van der Waals surface area contributed by atoms with Gasteiger partial charge >= 0.3 is 0 Å². The molecule has 0 radical (unpaired) electrons. The third-order valence-electron chi connectivity index (χ3n) is 8.51. The van der Waals surface area contributed by atoms with E-state index in [9.17, 15) is 0 Å². The van der Waals surface area contributed by atoms with Crippen LogP contribution in [0.2, 0.25) is 0 Å². The second-order valence-corrected chi connectivity index (χ2v) is 11.1. The molecule has 2 heterocycles. The van der Waals surface area contributed by atoms with Crippen molar-refractivity contribution in [2.75, 3.05) is 38.8 Å². The first-order chi connectivity index (χ1) is 20.2. The summed E-state index contributed by atoms with van der Waals surface area (Å²) in [7, 11) is 3.45. The van der Waals surface area contributed by atoms with Gasteiger partial charge in [0.25, 0.3) is 0 Å². The summed E-state index contributed by atoms with van der Waals surface area (Å²) < 4.78 is 22.8. The molecule has 2 aliphatic heterocycles. The number of rotatable bonds is 11. The Morgan fingerprint density at radius 3 is 2.05 bits per heavy atom. The van der Waals surface area contributed by atoms with Crippen LogP contribution in [0.4, 0.5) is 5.69 Å². The van der Waals surface area contributed by atoms with E-state index >= 15 is 0 Å². The average molecular weight is 556 g/mol. The molecule has 0 aliphatic carbocycles. The van der Waals surface area contributed by atoms with Crippen LogP contribution in [0.15, 0.2) is 78.9 Å². The molecule has 3 aromatic rings. The summed E-state index contributed by atoms with van der Waals surface area (Å²) in [6, 6.07) is 28.5. The van der Waals surface area contributed by atoms with E-state index in [1.54, 1.807) is 14.2 Å². The van der Waals surface area contributed by atoms with Gasteiger partial charge in [0.15, 0.2) is 12.6 Å². The summed E-state index contributed by atoms with van der Waals surface area (Å²) in [5.41, 5.74) is 7.59. The van der Waals surface area contributed by atoms with Crippen LogP contribution < -0.4 is 9.64 Å². The maximum absolute atomic E-state index is 6.13. The van der Waals surface area contributed by atoms with E-state index in [1.807, 2.05) is 0 Å². The largest absolute Gasteiger partial charge is 0.465 e. The molecule has 218 valence electrons. The summed E-state index contributed by atoms with van der Waals surface area (Å²) in [5, 5.41) is 0. The van der Waals surface area contributed by atoms with Gasteiger partial charge in [-0.15, -0.1) is 0 Å². The summed E-state index contributed by atoms with van der Waals surface area (Å²) >= 11 is 0. The van der Waals surface area contributed by atoms with E-state index in [0.717, 1.165) is 70.4 Å². The number of nitrogens with zero attached hydrogens (tertiary/aromatic N) is 1. The van der Waals surface area contributed by atoms with Crippen molar-refractivity contribution in [1.82, 2.24) is 0 Å². The van der Waals surface area contributed by atoms with Crippen molar-refractivity contribution in [3.8, 4) is 5.75 Å². The molecule has 1 unspecified atom stereocenters. The van der Waals surface area contributed by atoms with Gasteiger partial charge in [0, 0.05) is 45.8 Å². The normalized spacial score (nSPS) is 18.8. The molecular weight excluding hydrogens is 510 g/mol. The minimum Gasteiger partial charge on any atom is -0.465 e. The molecule has 2 saturated heterocycles. The van der Waals surface area contributed by atoms with Gasteiger partial charge in [0.2, 0.25) is 0 Å². The standard InChI is InChI=1S/C36H45NO4/c1-4-33(28-10-6-5-7-11-28)36(30-15-19-32(20-16-30)41-34-12-8-9-25-40-34)29-13-17-31(18-14-29)37-23-21-27(22-24-37)26-35(38-2)39-3/h5-7,10-11,13-20,27,34-35H,4,8-9,12,21-26H2,1-3H3. The Morgan fingerprint density at radius 2 is 1.46 bits per heavy atom. The van der Waals surface area contributed by atoms with Crippen LogP contribution in [0, 0.1) is 5.92 Å². The first-order valence-corrected chi connectivity index (χ1v) is 15.3. The predicted octanol–water partition coefficient (Wildman–Crippen LogP) is 8.19. The molecule has 2 aliphatic rings. The Bertz CT molecular complexity index is 1220. The van der Waals surface area contributed by atoms with Gasteiger partial charge in [-0.2, -0.15) is 0 Å². The van der Waals surface area contributed by atoms with E-state index in [0.29, 0.717) is 5.92 Å². The van der Waals surface area contributed by atoms with Gasteiger partial charge in [-0.3, -0.25) is 0 Å². The number of piperidine rings is 1. The number of benzene rings is 3. The minimum absolute atomic E-state index is 0.102. The lowest BCUT2D eigenvalue weighted by atomic mass is 9.88. The molecule has 5 rings (SSSR count). The number of anilines is 1. The van der Waals surface area contributed by atoms with Crippen LogP contribution in [0.1, 0.15) is 68.6 Å². The van der Waals surface area contributed by atoms with Gasteiger partial charge in [0.05, 0.1) is 6.61 Å². The van der Waals surface area contributed by atoms with E-state index in [-0.39, 0.29) is 12.6 Å². The Hall–Kier alpha value is -3.12. The monoisotopic (exact) mass is 555 g/mol.